The molecule has 0 aliphatic carbocycles. The van der Waals surface area contributed by atoms with Gasteiger partial charge in [0.1, 0.15) is 0 Å². The van der Waals surface area contributed by atoms with Crippen LogP contribution in [0.4, 0.5) is 11.4 Å². The van der Waals surface area contributed by atoms with E-state index in [1.165, 1.54) is 12.1 Å². The van der Waals surface area contributed by atoms with Crippen LogP contribution in [-0.4, -0.2) is 10.8 Å². The zero-order chi connectivity index (χ0) is 17.8. The van der Waals surface area contributed by atoms with E-state index in [4.69, 9.17) is 0 Å². The Balaban J connectivity index is 1.80. The Labute approximate surface area is 158 Å². The first-order valence-electron chi connectivity index (χ1n) is 7.45. The number of carbonyl (C=O) groups excluding carboxylic acids is 1. The average Bonchev–Trinajstić information content (AvgIpc) is 2.63. The summed E-state index contributed by atoms with van der Waals surface area (Å²) < 4.78 is 0.654. The molecule has 3 aromatic carbocycles. The molecular formula is C19H13IN2O3. The van der Waals surface area contributed by atoms with Crippen molar-refractivity contribution in [3.8, 4) is 11.1 Å². The molecule has 0 unspecified atom stereocenters. The largest absolute Gasteiger partial charge is 0.322 e. The van der Waals surface area contributed by atoms with Gasteiger partial charge < -0.3 is 5.32 Å². The lowest BCUT2D eigenvalue weighted by Gasteiger charge is -2.08. The minimum Gasteiger partial charge on any atom is -0.322 e. The SMILES string of the molecule is O=C(Nc1ccc(-c2ccccc2)cc1)c1cc([N+](=O)[O-])ccc1I. The molecule has 1 N–H and O–H groups in total. The predicted octanol–water partition coefficient (Wildman–Crippen LogP) is 5.12. The third-order valence-corrected chi connectivity index (χ3v) is 4.60. The number of amides is 1. The summed E-state index contributed by atoms with van der Waals surface area (Å²) >= 11 is 1.99. The summed E-state index contributed by atoms with van der Waals surface area (Å²) in [6.45, 7) is 0. The molecular weight excluding hydrogens is 431 g/mol. The Bertz CT molecular complexity index is 925. The minimum atomic E-state index is -0.512. The molecule has 0 aliphatic heterocycles. The van der Waals surface area contributed by atoms with Gasteiger partial charge in [0.2, 0.25) is 0 Å². The van der Waals surface area contributed by atoms with Gasteiger partial charge >= 0.3 is 0 Å². The standard InChI is InChI=1S/C19H13IN2O3/c20-18-11-10-16(22(24)25)12-17(18)19(23)21-15-8-6-14(7-9-15)13-4-2-1-3-5-13/h1-12H,(H,21,23). The number of carbonyl (C=O) groups is 1. The fourth-order valence-electron chi connectivity index (χ4n) is 2.38. The highest BCUT2D eigenvalue weighted by molar-refractivity contribution is 14.1. The molecule has 0 radical (unpaired) electrons. The summed E-state index contributed by atoms with van der Waals surface area (Å²) in [7, 11) is 0. The Morgan fingerprint density at radius 2 is 1.56 bits per heavy atom. The monoisotopic (exact) mass is 444 g/mol. The predicted molar refractivity (Wildman–Crippen MR) is 106 cm³/mol. The van der Waals surface area contributed by atoms with Crippen molar-refractivity contribution in [2.45, 2.75) is 0 Å². The fourth-order valence-corrected chi connectivity index (χ4v) is 2.96. The van der Waals surface area contributed by atoms with E-state index >= 15 is 0 Å². The van der Waals surface area contributed by atoms with Crippen LogP contribution >= 0.6 is 22.6 Å². The Kier molecular flexibility index (Phi) is 5.08. The van der Waals surface area contributed by atoms with Crippen molar-refractivity contribution in [2.75, 3.05) is 5.32 Å². The Morgan fingerprint density at radius 3 is 2.20 bits per heavy atom. The molecule has 3 rings (SSSR count). The van der Waals surface area contributed by atoms with Gasteiger partial charge in [0, 0.05) is 21.4 Å². The Hall–Kier alpha value is -2.74. The number of rotatable bonds is 4. The molecule has 0 saturated carbocycles. The molecule has 5 nitrogen and oxygen atoms in total. The number of nitrogens with zero attached hydrogens (tertiary/aromatic N) is 1. The lowest BCUT2D eigenvalue weighted by atomic mass is 10.1. The summed E-state index contributed by atoms with van der Waals surface area (Å²) in [5.74, 6) is -0.374. The van der Waals surface area contributed by atoms with E-state index in [0.29, 0.717) is 9.26 Å². The maximum atomic E-state index is 12.4. The molecule has 0 heterocycles. The summed E-state index contributed by atoms with van der Waals surface area (Å²) in [5.41, 5.74) is 2.94. The maximum Gasteiger partial charge on any atom is 0.270 e. The molecule has 0 atom stereocenters. The molecule has 0 bridgehead atoms. The van der Waals surface area contributed by atoms with Gasteiger partial charge in [-0.3, -0.25) is 14.9 Å². The lowest BCUT2D eigenvalue weighted by Crippen LogP contribution is -2.13. The number of hydrogen-bond donors (Lipinski definition) is 1. The maximum absolute atomic E-state index is 12.4. The first-order chi connectivity index (χ1) is 12.0. The smallest absolute Gasteiger partial charge is 0.270 e. The third-order valence-electron chi connectivity index (χ3n) is 3.66. The summed E-state index contributed by atoms with van der Waals surface area (Å²) in [6, 6.07) is 21.6. The highest BCUT2D eigenvalue weighted by Crippen LogP contribution is 2.23. The van der Waals surface area contributed by atoms with E-state index in [1.54, 1.807) is 6.07 Å². The average molecular weight is 444 g/mol. The van der Waals surface area contributed by atoms with Gasteiger partial charge in [-0.2, -0.15) is 0 Å². The molecule has 124 valence electrons. The normalized spacial score (nSPS) is 10.3. The van der Waals surface area contributed by atoms with Gasteiger partial charge in [0.05, 0.1) is 10.5 Å². The topological polar surface area (TPSA) is 72.2 Å². The van der Waals surface area contributed by atoms with Crippen LogP contribution in [0.3, 0.4) is 0 Å². The number of nitro groups is 1. The molecule has 0 aromatic heterocycles. The van der Waals surface area contributed by atoms with Crippen LogP contribution in [0.25, 0.3) is 11.1 Å². The first-order valence-corrected chi connectivity index (χ1v) is 8.53. The summed E-state index contributed by atoms with van der Waals surface area (Å²) in [6.07, 6.45) is 0. The van der Waals surface area contributed by atoms with Crippen molar-refractivity contribution in [2.24, 2.45) is 0 Å². The van der Waals surface area contributed by atoms with Crippen molar-refractivity contribution in [1.82, 2.24) is 0 Å². The van der Waals surface area contributed by atoms with Crippen LogP contribution in [0.1, 0.15) is 10.4 Å². The van der Waals surface area contributed by atoms with Crippen LogP contribution in [0.15, 0.2) is 72.8 Å². The molecule has 0 saturated heterocycles. The van der Waals surface area contributed by atoms with E-state index in [-0.39, 0.29) is 17.2 Å². The number of nitro benzene ring substituents is 1. The van der Waals surface area contributed by atoms with E-state index in [0.717, 1.165) is 11.1 Å². The van der Waals surface area contributed by atoms with Crippen LogP contribution in [0.5, 0.6) is 0 Å². The number of nitrogens with one attached hydrogen (secondary N) is 1. The van der Waals surface area contributed by atoms with Gasteiger partial charge in [-0.05, 0) is 51.9 Å². The highest BCUT2D eigenvalue weighted by Gasteiger charge is 2.15. The zero-order valence-electron chi connectivity index (χ0n) is 13.0. The van der Waals surface area contributed by atoms with E-state index in [2.05, 4.69) is 5.32 Å². The summed E-state index contributed by atoms with van der Waals surface area (Å²) in [5, 5.41) is 13.7. The number of halogens is 1. The molecule has 0 spiro atoms. The molecule has 3 aromatic rings. The quantitative estimate of drug-likeness (QED) is 0.345. The second-order valence-electron chi connectivity index (χ2n) is 5.32. The van der Waals surface area contributed by atoms with Crippen LogP contribution in [0, 0.1) is 13.7 Å². The van der Waals surface area contributed by atoms with E-state index in [1.807, 2.05) is 77.2 Å². The number of hydrogen-bond acceptors (Lipinski definition) is 3. The van der Waals surface area contributed by atoms with Crippen LogP contribution in [0.2, 0.25) is 0 Å². The van der Waals surface area contributed by atoms with Gasteiger partial charge in [-0.25, -0.2) is 0 Å². The molecule has 0 fully saturated rings. The fraction of sp³-hybridized carbons (Fsp3) is 0. The second kappa shape index (κ2) is 7.43. The van der Waals surface area contributed by atoms with Crippen molar-refractivity contribution in [1.29, 1.82) is 0 Å². The molecule has 25 heavy (non-hydrogen) atoms. The molecule has 0 aliphatic rings. The zero-order valence-corrected chi connectivity index (χ0v) is 15.1. The number of anilines is 1. The Morgan fingerprint density at radius 1 is 0.920 bits per heavy atom. The van der Waals surface area contributed by atoms with Crippen LogP contribution < -0.4 is 5.32 Å². The van der Waals surface area contributed by atoms with Crippen molar-refractivity contribution < 1.29 is 9.72 Å². The van der Waals surface area contributed by atoms with Crippen molar-refractivity contribution in [3.05, 3.63) is 92.0 Å². The third kappa shape index (κ3) is 4.03. The lowest BCUT2D eigenvalue weighted by molar-refractivity contribution is -0.384. The van der Waals surface area contributed by atoms with Gasteiger partial charge in [0.25, 0.3) is 11.6 Å². The highest BCUT2D eigenvalue weighted by atomic mass is 127. The van der Waals surface area contributed by atoms with Gasteiger partial charge in [-0.1, -0.05) is 42.5 Å². The minimum absolute atomic E-state index is 0.106. The molecule has 6 heteroatoms. The van der Waals surface area contributed by atoms with Crippen molar-refractivity contribution >= 4 is 39.9 Å². The van der Waals surface area contributed by atoms with Gasteiger partial charge in [0.15, 0.2) is 0 Å². The number of benzene rings is 3. The first kappa shape index (κ1) is 17.1. The number of non-ortho nitro benzene ring substituents is 1. The second-order valence-corrected chi connectivity index (χ2v) is 6.48. The molecule has 1 amide bonds. The summed E-state index contributed by atoms with van der Waals surface area (Å²) in [4.78, 5) is 22.8. The van der Waals surface area contributed by atoms with Crippen molar-refractivity contribution in [3.63, 3.8) is 0 Å². The van der Waals surface area contributed by atoms with E-state index in [9.17, 15) is 14.9 Å². The van der Waals surface area contributed by atoms with E-state index < -0.39 is 4.92 Å². The van der Waals surface area contributed by atoms with Gasteiger partial charge in [-0.15, -0.1) is 0 Å². The van der Waals surface area contributed by atoms with Crippen LogP contribution in [-0.2, 0) is 0 Å².